The van der Waals surface area contributed by atoms with Gasteiger partial charge in [0.15, 0.2) is 0 Å². The monoisotopic (exact) mass is 317 g/mol. The highest BCUT2D eigenvalue weighted by molar-refractivity contribution is 5.89. The number of carboxylic acids is 1. The van der Waals surface area contributed by atoms with Gasteiger partial charge >= 0.3 is 5.97 Å². The number of carbonyl (C=O) groups is 1. The van der Waals surface area contributed by atoms with Crippen LogP contribution in [0.1, 0.15) is 15.9 Å². The van der Waals surface area contributed by atoms with Gasteiger partial charge in [-0.15, -0.1) is 0 Å². The summed E-state index contributed by atoms with van der Waals surface area (Å²) in [6.45, 7) is 0.430. The molecule has 2 aromatic rings. The van der Waals surface area contributed by atoms with E-state index in [1.807, 2.05) is 18.2 Å². The Kier molecular flexibility index (Phi) is 5.30. The number of carboxylic acid groups (broad SMARTS) is 1. The normalized spacial score (nSPS) is 10.0. The van der Waals surface area contributed by atoms with E-state index < -0.39 is 5.97 Å². The van der Waals surface area contributed by atoms with Gasteiger partial charge < -0.3 is 24.6 Å². The van der Waals surface area contributed by atoms with Crippen molar-refractivity contribution in [3.8, 4) is 17.2 Å². The van der Waals surface area contributed by atoms with Gasteiger partial charge in [-0.1, -0.05) is 0 Å². The Balaban J connectivity index is 2.26. The Bertz CT molecular complexity index is 699. The van der Waals surface area contributed by atoms with Gasteiger partial charge in [0, 0.05) is 12.1 Å². The van der Waals surface area contributed by atoms with Crippen molar-refractivity contribution in [1.29, 1.82) is 0 Å². The van der Waals surface area contributed by atoms with Crippen molar-refractivity contribution < 1.29 is 24.1 Å². The third-order valence-corrected chi connectivity index (χ3v) is 3.40. The third-order valence-electron chi connectivity index (χ3n) is 3.40. The lowest BCUT2D eigenvalue weighted by Crippen LogP contribution is -2.05. The van der Waals surface area contributed by atoms with E-state index in [9.17, 15) is 4.79 Å². The second-order valence-electron chi connectivity index (χ2n) is 4.75. The van der Waals surface area contributed by atoms with Crippen LogP contribution in [0.15, 0.2) is 36.4 Å². The van der Waals surface area contributed by atoms with Crippen LogP contribution < -0.4 is 19.5 Å². The molecule has 0 atom stereocenters. The molecule has 0 saturated carbocycles. The summed E-state index contributed by atoms with van der Waals surface area (Å²) in [6, 6.07) is 10.1. The molecule has 23 heavy (non-hydrogen) atoms. The fourth-order valence-electron chi connectivity index (χ4n) is 2.19. The van der Waals surface area contributed by atoms with Crippen LogP contribution in [0.2, 0.25) is 0 Å². The van der Waals surface area contributed by atoms with Crippen molar-refractivity contribution >= 4 is 11.7 Å². The molecule has 2 aromatic carbocycles. The minimum Gasteiger partial charge on any atom is -0.497 e. The molecule has 0 saturated heterocycles. The van der Waals surface area contributed by atoms with Crippen molar-refractivity contribution in [2.24, 2.45) is 0 Å². The molecule has 0 aliphatic rings. The first kappa shape index (κ1) is 16.5. The Hall–Kier alpha value is -2.89. The summed E-state index contributed by atoms with van der Waals surface area (Å²) in [6.07, 6.45) is 0. The maximum atomic E-state index is 11.1. The highest BCUT2D eigenvalue weighted by Gasteiger charge is 2.10. The quantitative estimate of drug-likeness (QED) is 0.817. The van der Waals surface area contributed by atoms with Gasteiger partial charge in [0.25, 0.3) is 0 Å². The number of anilines is 1. The lowest BCUT2D eigenvalue weighted by atomic mass is 10.1. The van der Waals surface area contributed by atoms with Crippen LogP contribution in [0, 0.1) is 0 Å². The van der Waals surface area contributed by atoms with Gasteiger partial charge in [-0.25, -0.2) is 4.79 Å². The Morgan fingerprint density at radius 2 is 1.70 bits per heavy atom. The molecule has 0 unspecified atom stereocenters. The molecule has 0 spiro atoms. The number of nitrogens with one attached hydrogen (secondary N) is 1. The van der Waals surface area contributed by atoms with E-state index in [2.05, 4.69) is 5.32 Å². The number of rotatable bonds is 7. The SMILES string of the molecule is COc1ccc(OC)c(CNc2cc(C(=O)O)ccc2OC)c1. The largest absolute Gasteiger partial charge is 0.497 e. The number of aromatic carboxylic acids is 1. The van der Waals surface area contributed by atoms with Crippen LogP contribution in [0.25, 0.3) is 0 Å². The second kappa shape index (κ2) is 7.40. The maximum absolute atomic E-state index is 11.1. The van der Waals surface area contributed by atoms with Gasteiger partial charge in [0.1, 0.15) is 17.2 Å². The summed E-state index contributed by atoms with van der Waals surface area (Å²) in [7, 11) is 4.72. The van der Waals surface area contributed by atoms with E-state index in [1.165, 1.54) is 19.2 Å². The maximum Gasteiger partial charge on any atom is 0.335 e. The molecule has 6 heteroatoms. The first-order valence-corrected chi connectivity index (χ1v) is 6.95. The molecule has 0 fully saturated rings. The predicted octanol–water partition coefficient (Wildman–Crippen LogP) is 3.02. The summed E-state index contributed by atoms with van der Waals surface area (Å²) in [4.78, 5) is 11.1. The van der Waals surface area contributed by atoms with Crippen LogP contribution in [0.3, 0.4) is 0 Å². The van der Waals surface area contributed by atoms with E-state index >= 15 is 0 Å². The molecule has 0 aromatic heterocycles. The average molecular weight is 317 g/mol. The van der Waals surface area contributed by atoms with Crippen LogP contribution >= 0.6 is 0 Å². The minimum atomic E-state index is -0.991. The zero-order valence-corrected chi connectivity index (χ0v) is 13.3. The van der Waals surface area contributed by atoms with E-state index in [0.717, 1.165) is 5.56 Å². The van der Waals surface area contributed by atoms with Crippen molar-refractivity contribution in [1.82, 2.24) is 0 Å². The zero-order chi connectivity index (χ0) is 16.8. The Morgan fingerprint density at radius 3 is 2.30 bits per heavy atom. The van der Waals surface area contributed by atoms with Crippen LogP contribution in [-0.2, 0) is 6.54 Å². The van der Waals surface area contributed by atoms with E-state index in [1.54, 1.807) is 20.3 Å². The lowest BCUT2D eigenvalue weighted by molar-refractivity contribution is 0.0697. The van der Waals surface area contributed by atoms with Gasteiger partial charge in [0.2, 0.25) is 0 Å². The summed E-state index contributed by atoms with van der Waals surface area (Å²) in [5.74, 6) is 1.01. The summed E-state index contributed by atoms with van der Waals surface area (Å²) < 4.78 is 15.8. The third kappa shape index (κ3) is 3.85. The molecule has 0 amide bonds. The summed E-state index contributed by atoms with van der Waals surface area (Å²) in [5.41, 5.74) is 1.66. The molecule has 0 heterocycles. The molecule has 2 N–H and O–H groups in total. The standard InChI is InChI=1S/C17H19NO5/c1-21-13-5-7-15(22-2)12(8-13)10-18-14-9-11(17(19)20)4-6-16(14)23-3/h4-9,18H,10H2,1-3H3,(H,19,20). The minimum absolute atomic E-state index is 0.186. The fourth-order valence-corrected chi connectivity index (χ4v) is 2.19. The molecular formula is C17H19NO5. The second-order valence-corrected chi connectivity index (χ2v) is 4.75. The van der Waals surface area contributed by atoms with Crippen molar-refractivity contribution in [2.75, 3.05) is 26.6 Å². The van der Waals surface area contributed by atoms with Crippen LogP contribution in [0.5, 0.6) is 17.2 Å². The average Bonchev–Trinajstić information content (AvgIpc) is 2.59. The summed E-state index contributed by atoms with van der Waals surface area (Å²) >= 11 is 0. The highest BCUT2D eigenvalue weighted by atomic mass is 16.5. The molecule has 0 aliphatic carbocycles. The molecule has 2 rings (SSSR count). The number of hydrogen-bond donors (Lipinski definition) is 2. The summed E-state index contributed by atoms with van der Waals surface area (Å²) in [5, 5.41) is 12.3. The number of methoxy groups -OCH3 is 3. The first-order chi connectivity index (χ1) is 11.1. The van der Waals surface area contributed by atoms with Gasteiger partial charge in [-0.05, 0) is 36.4 Å². The molecule has 6 nitrogen and oxygen atoms in total. The van der Waals surface area contributed by atoms with Crippen LogP contribution in [0.4, 0.5) is 5.69 Å². The zero-order valence-electron chi connectivity index (χ0n) is 13.3. The fraction of sp³-hybridized carbons (Fsp3) is 0.235. The predicted molar refractivity (Wildman–Crippen MR) is 86.8 cm³/mol. The van der Waals surface area contributed by atoms with E-state index in [-0.39, 0.29) is 5.56 Å². The molecule has 0 radical (unpaired) electrons. The Labute approximate surface area is 134 Å². The van der Waals surface area contributed by atoms with Crippen molar-refractivity contribution in [3.05, 3.63) is 47.5 Å². The number of benzene rings is 2. The van der Waals surface area contributed by atoms with Gasteiger partial charge in [0.05, 0.1) is 32.6 Å². The lowest BCUT2D eigenvalue weighted by Gasteiger charge is -2.14. The molecule has 122 valence electrons. The molecular weight excluding hydrogens is 298 g/mol. The topological polar surface area (TPSA) is 77.0 Å². The molecule has 0 aliphatic heterocycles. The first-order valence-electron chi connectivity index (χ1n) is 6.95. The van der Waals surface area contributed by atoms with Crippen molar-refractivity contribution in [3.63, 3.8) is 0 Å². The van der Waals surface area contributed by atoms with Crippen molar-refractivity contribution in [2.45, 2.75) is 6.54 Å². The molecule has 0 bridgehead atoms. The van der Waals surface area contributed by atoms with Crippen LogP contribution in [-0.4, -0.2) is 32.4 Å². The Morgan fingerprint density at radius 1 is 1.00 bits per heavy atom. The van der Waals surface area contributed by atoms with Gasteiger partial charge in [-0.3, -0.25) is 0 Å². The van der Waals surface area contributed by atoms with E-state index in [0.29, 0.717) is 29.5 Å². The van der Waals surface area contributed by atoms with E-state index in [4.69, 9.17) is 19.3 Å². The smallest absolute Gasteiger partial charge is 0.335 e. The number of hydrogen-bond acceptors (Lipinski definition) is 5. The number of ether oxygens (including phenoxy) is 3. The highest BCUT2D eigenvalue weighted by Crippen LogP contribution is 2.29. The van der Waals surface area contributed by atoms with Gasteiger partial charge in [-0.2, -0.15) is 0 Å².